The number of anilines is 1. The van der Waals surface area contributed by atoms with Crippen molar-refractivity contribution < 1.29 is 13.2 Å². The molecule has 2 aromatic carbocycles. The summed E-state index contributed by atoms with van der Waals surface area (Å²) in [5, 5.41) is 1.74. The van der Waals surface area contributed by atoms with Crippen LogP contribution in [0.5, 0.6) is 0 Å². The molecule has 116 valence electrons. The number of nitrogens with zero attached hydrogens (tertiary/aromatic N) is 1. The molecule has 1 amide bonds. The Morgan fingerprint density at radius 1 is 0.826 bits per heavy atom. The molecular weight excluding hydrogens is 330 g/mol. The molecule has 0 bridgehead atoms. The van der Waals surface area contributed by atoms with Gasteiger partial charge < -0.3 is 0 Å². The molecule has 3 aromatic rings. The Labute approximate surface area is 138 Å². The van der Waals surface area contributed by atoms with Crippen LogP contribution >= 0.6 is 11.3 Å². The van der Waals surface area contributed by atoms with Crippen molar-refractivity contribution in [2.75, 3.05) is 4.31 Å². The van der Waals surface area contributed by atoms with Crippen LogP contribution in [0.3, 0.4) is 0 Å². The number of rotatable bonds is 4. The van der Waals surface area contributed by atoms with Crippen molar-refractivity contribution in [2.45, 2.75) is 4.90 Å². The van der Waals surface area contributed by atoms with Gasteiger partial charge in [-0.2, -0.15) is 4.31 Å². The van der Waals surface area contributed by atoms with Crippen LogP contribution in [0, 0.1) is 0 Å². The molecule has 0 aliphatic carbocycles. The van der Waals surface area contributed by atoms with E-state index in [1.807, 2.05) is 0 Å². The predicted octanol–water partition coefficient (Wildman–Crippen LogP) is 3.78. The lowest BCUT2D eigenvalue weighted by Crippen LogP contribution is -2.36. The number of benzene rings is 2. The molecule has 0 spiro atoms. The number of para-hydroxylation sites is 1. The number of amides is 1. The third-order valence-electron chi connectivity index (χ3n) is 3.19. The highest BCUT2D eigenvalue weighted by atomic mass is 32.2. The molecule has 0 aliphatic heterocycles. The summed E-state index contributed by atoms with van der Waals surface area (Å²) in [7, 11) is -3.99. The second-order valence-corrected chi connectivity index (χ2v) is 7.43. The second kappa shape index (κ2) is 6.36. The highest BCUT2D eigenvalue weighted by Crippen LogP contribution is 2.26. The molecule has 1 heterocycles. The minimum atomic E-state index is -3.99. The maximum absolute atomic E-state index is 13.0. The summed E-state index contributed by atoms with van der Waals surface area (Å²) in [6.07, 6.45) is 0. The van der Waals surface area contributed by atoms with E-state index < -0.39 is 15.9 Å². The number of hydrogen-bond donors (Lipinski definition) is 0. The van der Waals surface area contributed by atoms with E-state index in [9.17, 15) is 13.2 Å². The van der Waals surface area contributed by atoms with Gasteiger partial charge in [-0.25, -0.2) is 8.42 Å². The molecule has 0 atom stereocenters. The molecule has 0 aliphatic rings. The second-order valence-electron chi connectivity index (χ2n) is 4.70. The maximum Gasteiger partial charge on any atom is 0.282 e. The van der Waals surface area contributed by atoms with Crippen molar-refractivity contribution in [3.8, 4) is 0 Å². The molecule has 0 saturated carbocycles. The first kappa shape index (κ1) is 15.5. The van der Waals surface area contributed by atoms with Gasteiger partial charge in [-0.05, 0) is 35.7 Å². The molecule has 4 nitrogen and oxygen atoms in total. The third-order valence-corrected chi connectivity index (χ3v) is 5.77. The van der Waals surface area contributed by atoms with E-state index in [2.05, 4.69) is 0 Å². The summed E-state index contributed by atoms with van der Waals surface area (Å²) in [5.41, 5.74) is 0.315. The maximum atomic E-state index is 13.0. The summed E-state index contributed by atoms with van der Waals surface area (Å²) >= 11 is 1.21. The Morgan fingerprint density at radius 3 is 2.00 bits per heavy atom. The molecule has 0 fully saturated rings. The van der Waals surface area contributed by atoms with Gasteiger partial charge >= 0.3 is 0 Å². The van der Waals surface area contributed by atoms with E-state index in [0.29, 0.717) is 10.6 Å². The van der Waals surface area contributed by atoms with Crippen LogP contribution in [0.1, 0.15) is 9.67 Å². The van der Waals surface area contributed by atoms with Gasteiger partial charge in [-0.15, -0.1) is 11.3 Å². The first-order valence-electron chi connectivity index (χ1n) is 6.84. The number of carbonyl (C=O) groups excluding carboxylic acids is 1. The Kier molecular flexibility index (Phi) is 4.27. The summed E-state index contributed by atoms with van der Waals surface area (Å²) in [6.45, 7) is 0. The number of thiophene rings is 1. The van der Waals surface area contributed by atoms with Gasteiger partial charge in [0.1, 0.15) is 0 Å². The lowest BCUT2D eigenvalue weighted by molar-refractivity contribution is 0.101. The first-order chi connectivity index (χ1) is 11.1. The smallest absolute Gasteiger partial charge is 0.267 e. The van der Waals surface area contributed by atoms with Crippen LogP contribution in [-0.4, -0.2) is 14.3 Å². The molecule has 23 heavy (non-hydrogen) atoms. The summed E-state index contributed by atoms with van der Waals surface area (Å²) in [5.74, 6) is -0.560. The average molecular weight is 343 g/mol. The fourth-order valence-corrected chi connectivity index (χ4v) is 4.27. The molecule has 6 heteroatoms. The minimum Gasteiger partial charge on any atom is -0.267 e. The largest absolute Gasteiger partial charge is 0.282 e. The summed E-state index contributed by atoms with van der Waals surface area (Å²) < 4.78 is 26.8. The average Bonchev–Trinajstić information content (AvgIpc) is 3.11. The fraction of sp³-hybridized carbons (Fsp3) is 0. The molecule has 0 saturated heterocycles. The van der Waals surface area contributed by atoms with Crippen LogP contribution in [-0.2, 0) is 10.0 Å². The van der Waals surface area contributed by atoms with E-state index in [1.54, 1.807) is 66.0 Å². The molecule has 3 rings (SSSR count). The van der Waals surface area contributed by atoms with Crippen LogP contribution in [0.2, 0.25) is 0 Å². The number of carbonyl (C=O) groups is 1. The predicted molar refractivity (Wildman–Crippen MR) is 91.2 cm³/mol. The molecular formula is C17H13NO3S2. The zero-order chi connectivity index (χ0) is 16.3. The van der Waals surface area contributed by atoms with Gasteiger partial charge in [0.2, 0.25) is 0 Å². The van der Waals surface area contributed by atoms with Gasteiger partial charge in [-0.3, -0.25) is 4.79 Å². The van der Waals surface area contributed by atoms with Crippen molar-refractivity contribution in [1.29, 1.82) is 0 Å². The van der Waals surface area contributed by atoms with Gasteiger partial charge in [0.05, 0.1) is 15.5 Å². The lowest BCUT2D eigenvalue weighted by Gasteiger charge is -2.22. The molecule has 1 aromatic heterocycles. The topological polar surface area (TPSA) is 54.5 Å². The highest BCUT2D eigenvalue weighted by molar-refractivity contribution is 7.93. The Balaban J connectivity index is 2.15. The van der Waals surface area contributed by atoms with E-state index >= 15 is 0 Å². The first-order valence-corrected chi connectivity index (χ1v) is 9.16. The van der Waals surface area contributed by atoms with Gasteiger partial charge in [0.15, 0.2) is 0 Å². The number of hydrogen-bond acceptors (Lipinski definition) is 4. The zero-order valence-corrected chi connectivity index (χ0v) is 13.6. The van der Waals surface area contributed by atoms with E-state index in [4.69, 9.17) is 0 Å². The lowest BCUT2D eigenvalue weighted by atomic mass is 10.3. The standard InChI is InChI=1S/C17H13NO3S2/c19-17(16-12-7-13-22-16)18(14-8-3-1-4-9-14)23(20,21)15-10-5-2-6-11-15/h1-13H. The van der Waals surface area contributed by atoms with Crippen molar-refractivity contribution in [1.82, 2.24) is 0 Å². The van der Waals surface area contributed by atoms with Gasteiger partial charge in [0.25, 0.3) is 15.9 Å². The van der Waals surface area contributed by atoms with Gasteiger partial charge in [-0.1, -0.05) is 42.5 Å². The molecule has 0 unspecified atom stereocenters. The van der Waals surface area contributed by atoms with Crippen molar-refractivity contribution in [2.24, 2.45) is 0 Å². The quantitative estimate of drug-likeness (QED) is 0.724. The SMILES string of the molecule is O=C(c1cccs1)N(c1ccccc1)S(=O)(=O)c1ccccc1. The zero-order valence-electron chi connectivity index (χ0n) is 12.0. The monoisotopic (exact) mass is 343 g/mol. The van der Waals surface area contributed by atoms with Crippen LogP contribution in [0.25, 0.3) is 0 Å². The summed E-state index contributed by atoms with van der Waals surface area (Å²) in [6, 6.07) is 19.7. The van der Waals surface area contributed by atoms with Crippen molar-refractivity contribution in [3.05, 3.63) is 83.1 Å². The molecule has 0 radical (unpaired) electrons. The van der Waals surface area contributed by atoms with Crippen molar-refractivity contribution >= 4 is 33.0 Å². The highest BCUT2D eigenvalue weighted by Gasteiger charge is 2.32. The Hall–Kier alpha value is -2.44. The minimum absolute atomic E-state index is 0.0776. The van der Waals surface area contributed by atoms with Crippen molar-refractivity contribution in [3.63, 3.8) is 0 Å². The van der Waals surface area contributed by atoms with Crippen LogP contribution in [0.4, 0.5) is 5.69 Å². The number of sulfonamides is 1. The third kappa shape index (κ3) is 3.04. The summed E-state index contributed by atoms with van der Waals surface area (Å²) in [4.78, 5) is 13.2. The normalized spacial score (nSPS) is 11.1. The van der Waals surface area contributed by atoms with E-state index in [1.165, 1.54) is 23.5 Å². The Bertz CT molecular complexity index is 890. The van der Waals surface area contributed by atoms with Gasteiger partial charge in [0, 0.05) is 0 Å². The molecule has 0 N–H and O–H groups in total. The van der Waals surface area contributed by atoms with Crippen LogP contribution < -0.4 is 4.31 Å². The van der Waals surface area contributed by atoms with Crippen LogP contribution in [0.15, 0.2) is 83.1 Å². The fourth-order valence-electron chi connectivity index (χ4n) is 2.13. The van der Waals surface area contributed by atoms with E-state index in [0.717, 1.165) is 4.31 Å². The van der Waals surface area contributed by atoms with E-state index in [-0.39, 0.29) is 4.90 Å². The Morgan fingerprint density at radius 2 is 1.43 bits per heavy atom.